The normalized spacial score (nSPS) is 11.4. The van der Waals surface area contributed by atoms with Gasteiger partial charge in [0, 0.05) is 19.5 Å². The van der Waals surface area contributed by atoms with E-state index in [1.54, 1.807) is 36.4 Å². The molecular weight excluding hydrogens is 435 g/mol. The number of ether oxygens (including phenoxy) is 2. The van der Waals surface area contributed by atoms with Crippen molar-refractivity contribution >= 4 is 11.8 Å². The fourth-order valence-corrected chi connectivity index (χ4v) is 3.59. The van der Waals surface area contributed by atoms with E-state index in [1.165, 1.54) is 24.1 Å². The minimum atomic E-state index is -0.777. The molecule has 1 N–H and O–H groups in total. The Morgan fingerprint density at radius 3 is 2.21 bits per heavy atom. The molecule has 0 saturated carbocycles. The summed E-state index contributed by atoms with van der Waals surface area (Å²) in [6.45, 7) is 2.10. The second-order valence-corrected chi connectivity index (χ2v) is 7.69. The Labute approximate surface area is 199 Å². The molecule has 0 aliphatic carbocycles. The van der Waals surface area contributed by atoms with E-state index in [0.29, 0.717) is 30.0 Å². The molecule has 1 atom stereocenters. The van der Waals surface area contributed by atoms with Crippen LogP contribution in [0.4, 0.5) is 4.39 Å². The molecule has 0 saturated heterocycles. The molecule has 0 fully saturated rings. The Bertz CT molecular complexity index is 1070. The minimum absolute atomic E-state index is 0.128. The average molecular weight is 465 g/mol. The minimum Gasteiger partial charge on any atom is -0.493 e. The number of carbonyl (C=O) groups excluding carboxylic acids is 2. The molecule has 0 aromatic heterocycles. The second-order valence-electron chi connectivity index (χ2n) is 7.69. The number of amides is 2. The highest BCUT2D eigenvalue weighted by molar-refractivity contribution is 5.88. The molecule has 7 heteroatoms. The number of methoxy groups -OCH3 is 1. The summed E-state index contributed by atoms with van der Waals surface area (Å²) in [4.78, 5) is 28.0. The summed E-state index contributed by atoms with van der Waals surface area (Å²) < 4.78 is 24.5. The van der Waals surface area contributed by atoms with Gasteiger partial charge >= 0.3 is 0 Å². The Kier molecular flexibility index (Phi) is 9.03. The van der Waals surface area contributed by atoms with Crippen LogP contribution in [0, 0.1) is 5.82 Å². The Morgan fingerprint density at radius 2 is 1.56 bits per heavy atom. The number of benzene rings is 3. The summed E-state index contributed by atoms with van der Waals surface area (Å²) in [7, 11) is 1.52. The summed E-state index contributed by atoms with van der Waals surface area (Å²) in [5, 5.41) is 2.83. The monoisotopic (exact) mass is 464 g/mol. The van der Waals surface area contributed by atoms with Gasteiger partial charge in [0.15, 0.2) is 18.1 Å². The molecule has 0 aliphatic heterocycles. The van der Waals surface area contributed by atoms with Gasteiger partial charge in [-0.3, -0.25) is 9.59 Å². The SMILES string of the molecule is CCNC(=O)[C@H](Cc1ccccc1)N(Cc1ccc(F)cc1)C(=O)COc1ccccc1OC. The summed E-state index contributed by atoms with van der Waals surface area (Å²) in [5.74, 6) is -0.0742. The first-order valence-electron chi connectivity index (χ1n) is 11.1. The maximum Gasteiger partial charge on any atom is 0.261 e. The van der Waals surface area contributed by atoms with Gasteiger partial charge in [0.1, 0.15) is 11.9 Å². The zero-order valence-electron chi connectivity index (χ0n) is 19.4. The lowest BCUT2D eigenvalue weighted by Gasteiger charge is -2.31. The van der Waals surface area contributed by atoms with E-state index in [-0.39, 0.29) is 30.8 Å². The van der Waals surface area contributed by atoms with Gasteiger partial charge in [-0.2, -0.15) is 0 Å². The van der Waals surface area contributed by atoms with Crippen LogP contribution in [-0.2, 0) is 22.6 Å². The number of rotatable bonds is 11. The van der Waals surface area contributed by atoms with Crippen molar-refractivity contribution in [2.45, 2.75) is 25.9 Å². The van der Waals surface area contributed by atoms with Crippen LogP contribution in [0.1, 0.15) is 18.1 Å². The van der Waals surface area contributed by atoms with Gasteiger partial charge in [-0.1, -0.05) is 54.6 Å². The van der Waals surface area contributed by atoms with E-state index in [4.69, 9.17) is 9.47 Å². The van der Waals surface area contributed by atoms with Gasteiger partial charge in [0.2, 0.25) is 5.91 Å². The molecule has 3 rings (SSSR count). The lowest BCUT2D eigenvalue weighted by molar-refractivity contribution is -0.142. The van der Waals surface area contributed by atoms with Gasteiger partial charge in [-0.15, -0.1) is 0 Å². The van der Waals surface area contributed by atoms with Crippen LogP contribution in [0.25, 0.3) is 0 Å². The van der Waals surface area contributed by atoms with Crippen LogP contribution >= 0.6 is 0 Å². The van der Waals surface area contributed by atoms with Crippen LogP contribution in [-0.4, -0.2) is 43.0 Å². The molecule has 6 nitrogen and oxygen atoms in total. The van der Waals surface area contributed by atoms with Crippen LogP contribution in [0.15, 0.2) is 78.9 Å². The summed E-state index contributed by atoms with van der Waals surface area (Å²) in [6, 6.07) is 21.6. The predicted octanol–water partition coefficient (Wildman–Crippen LogP) is 3.99. The molecule has 0 unspecified atom stereocenters. The Hall–Kier alpha value is -3.87. The number of para-hydroxylation sites is 2. The second kappa shape index (κ2) is 12.4. The van der Waals surface area contributed by atoms with Gasteiger partial charge in [0.05, 0.1) is 7.11 Å². The molecule has 0 aliphatic rings. The van der Waals surface area contributed by atoms with Crippen molar-refractivity contribution in [3.8, 4) is 11.5 Å². The number of nitrogens with one attached hydrogen (secondary N) is 1. The van der Waals surface area contributed by atoms with Crippen molar-refractivity contribution in [3.05, 3.63) is 95.8 Å². The zero-order chi connectivity index (χ0) is 24.3. The topological polar surface area (TPSA) is 67.9 Å². The van der Waals surface area contributed by atoms with E-state index < -0.39 is 6.04 Å². The smallest absolute Gasteiger partial charge is 0.261 e. The first-order valence-corrected chi connectivity index (χ1v) is 11.1. The Balaban J connectivity index is 1.89. The van der Waals surface area contributed by atoms with E-state index in [1.807, 2.05) is 37.3 Å². The van der Waals surface area contributed by atoms with Crippen LogP contribution in [0.5, 0.6) is 11.5 Å². The number of hydrogen-bond acceptors (Lipinski definition) is 4. The van der Waals surface area contributed by atoms with E-state index in [9.17, 15) is 14.0 Å². The highest BCUT2D eigenvalue weighted by Gasteiger charge is 2.30. The molecule has 0 spiro atoms. The van der Waals surface area contributed by atoms with E-state index >= 15 is 0 Å². The van der Waals surface area contributed by atoms with Gasteiger partial charge in [-0.05, 0) is 42.3 Å². The largest absolute Gasteiger partial charge is 0.493 e. The molecule has 3 aromatic carbocycles. The van der Waals surface area contributed by atoms with Gasteiger partial charge in [-0.25, -0.2) is 4.39 Å². The predicted molar refractivity (Wildman–Crippen MR) is 128 cm³/mol. The maximum absolute atomic E-state index is 13.5. The van der Waals surface area contributed by atoms with Crippen molar-refractivity contribution in [2.75, 3.05) is 20.3 Å². The third-order valence-electron chi connectivity index (χ3n) is 5.31. The highest BCUT2D eigenvalue weighted by Crippen LogP contribution is 2.26. The first-order chi connectivity index (χ1) is 16.5. The van der Waals surface area contributed by atoms with Crippen molar-refractivity contribution in [3.63, 3.8) is 0 Å². The van der Waals surface area contributed by atoms with Crippen molar-refractivity contribution in [2.24, 2.45) is 0 Å². The van der Waals surface area contributed by atoms with Crippen molar-refractivity contribution < 1.29 is 23.5 Å². The molecule has 3 aromatic rings. The molecular formula is C27H29FN2O4. The highest BCUT2D eigenvalue weighted by atomic mass is 19.1. The van der Waals surface area contributed by atoms with E-state index in [2.05, 4.69) is 5.32 Å². The molecule has 0 radical (unpaired) electrons. The summed E-state index contributed by atoms with van der Waals surface area (Å²) in [5.41, 5.74) is 1.62. The molecule has 0 heterocycles. The maximum atomic E-state index is 13.5. The van der Waals surface area contributed by atoms with Crippen LogP contribution in [0.2, 0.25) is 0 Å². The number of halogens is 1. The van der Waals surface area contributed by atoms with Crippen LogP contribution < -0.4 is 14.8 Å². The number of carbonyl (C=O) groups is 2. The van der Waals surface area contributed by atoms with Crippen molar-refractivity contribution in [1.29, 1.82) is 0 Å². The van der Waals surface area contributed by atoms with Gasteiger partial charge in [0.25, 0.3) is 5.91 Å². The first kappa shape index (κ1) is 24.8. The third-order valence-corrected chi connectivity index (χ3v) is 5.31. The summed E-state index contributed by atoms with van der Waals surface area (Å²) >= 11 is 0. The summed E-state index contributed by atoms with van der Waals surface area (Å²) in [6.07, 6.45) is 0.328. The third kappa shape index (κ3) is 6.81. The molecule has 34 heavy (non-hydrogen) atoms. The van der Waals surface area contributed by atoms with Gasteiger partial charge < -0.3 is 19.7 Å². The standard InChI is InChI=1S/C27H29FN2O4/c1-3-29-27(32)23(17-20-9-5-4-6-10-20)30(18-21-13-15-22(28)16-14-21)26(31)19-34-25-12-8-7-11-24(25)33-2/h4-16,23H,3,17-19H2,1-2H3,(H,29,32)/t23-/m0/s1. The Morgan fingerprint density at radius 1 is 0.912 bits per heavy atom. The number of hydrogen-bond donors (Lipinski definition) is 1. The number of likely N-dealkylation sites (N-methyl/N-ethyl adjacent to an activating group) is 1. The molecule has 2 amide bonds. The fourth-order valence-electron chi connectivity index (χ4n) is 3.59. The molecule has 178 valence electrons. The van der Waals surface area contributed by atoms with E-state index in [0.717, 1.165) is 5.56 Å². The van der Waals surface area contributed by atoms with Crippen LogP contribution in [0.3, 0.4) is 0 Å². The number of nitrogens with zero attached hydrogens (tertiary/aromatic N) is 1. The quantitative estimate of drug-likeness (QED) is 0.466. The fraction of sp³-hybridized carbons (Fsp3) is 0.259. The van der Waals surface area contributed by atoms with Crippen molar-refractivity contribution in [1.82, 2.24) is 10.2 Å². The lowest BCUT2D eigenvalue weighted by atomic mass is 10.0. The average Bonchev–Trinajstić information content (AvgIpc) is 2.86. The lowest BCUT2D eigenvalue weighted by Crippen LogP contribution is -2.51. The zero-order valence-corrected chi connectivity index (χ0v) is 19.4. The molecule has 0 bridgehead atoms.